The Morgan fingerprint density at radius 3 is 2.25 bits per heavy atom. The Bertz CT molecular complexity index is 1440. The van der Waals surface area contributed by atoms with Gasteiger partial charge in [-0.25, -0.2) is 8.42 Å². The monoisotopic (exact) mass is 444 g/mol. The van der Waals surface area contributed by atoms with Gasteiger partial charge in [0.15, 0.2) is 0 Å². The number of hydrogen-bond donors (Lipinski definition) is 2. The molecule has 6 heteroatoms. The van der Waals surface area contributed by atoms with Gasteiger partial charge in [-0.2, -0.15) is 0 Å². The summed E-state index contributed by atoms with van der Waals surface area (Å²) in [5, 5.41) is 4.83. The quantitative estimate of drug-likeness (QED) is 0.407. The molecule has 2 N–H and O–H groups in total. The molecular weight excluding hydrogens is 420 g/mol. The molecule has 0 atom stereocenters. The number of nitrogens with one attached hydrogen (secondary N) is 2. The number of sulfonamides is 1. The molecule has 0 aromatic heterocycles. The van der Waals surface area contributed by atoms with Gasteiger partial charge < -0.3 is 5.32 Å². The summed E-state index contributed by atoms with van der Waals surface area (Å²) in [6.45, 7) is 5.60. The van der Waals surface area contributed by atoms with E-state index < -0.39 is 10.0 Å². The lowest BCUT2D eigenvalue weighted by Gasteiger charge is -2.14. The Morgan fingerprint density at radius 1 is 0.750 bits per heavy atom. The zero-order chi connectivity index (χ0) is 22.9. The van der Waals surface area contributed by atoms with Crippen molar-refractivity contribution in [2.45, 2.75) is 25.7 Å². The molecule has 4 rings (SSSR count). The van der Waals surface area contributed by atoms with Crippen molar-refractivity contribution < 1.29 is 13.2 Å². The zero-order valence-corrected chi connectivity index (χ0v) is 19.0. The van der Waals surface area contributed by atoms with Crippen LogP contribution in [-0.2, 0) is 10.0 Å². The molecule has 0 aliphatic rings. The van der Waals surface area contributed by atoms with Crippen LogP contribution in [0.5, 0.6) is 0 Å². The summed E-state index contributed by atoms with van der Waals surface area (Å²) in [5.74, 6) is -0.371. The van der Waals surface area contributed by atoms with E-state index in [1.54, 1.807) is 31.2 Å². The van der Waals surface area contributed by atoms with Crippen LogP contribution in [-0.4, -0.2) is 14.3 Å². The first-order chi connectivity index (χ1) is 15.2. The van der Waals surface area contributed by atoms with Crippen molar-refractivity contribution in [3.63, 3.8) is 0 Å². The molecule has 0 fully saturated rings. The van der Waals surface area contributed by atoms with Gasteiger partial charge in [-0.15, -0.1) is 0 Å². The van der Waals surface area contributed by atoms with Crippen LogP contribution < -0.4 is 10.0 Å². The van der Waals surface area contributed by atoms with E-state index in [9.17, 15) is 13.2 Å². The van der Waals surface area contributed by atoms with Crippen molar-refractivity contribution in [3.05, 3.63) is 101 Å². The third-order valence-electron chi connectivity index (χ3n) is 5.54. The number of fused-ring (bicyclic) bond motifs is 1. The number of benzene rings is 4. The van der Waals surface area contributed by atoms with Crippen molar-refractivity contribution in [1.29, 1.82) is 0 Å². The van der Waals surface area contributed by atoms with E-state index in [1.807, 2.05) is 62.4 Å². The van der Waals surface area contributed by atoms with Crippen LogP contribution in [0.3, 0.4) is 0 Å². The summed E-state index contributed by atoms with van der Waals surface area (Å²) >= 11 is 0. The van der Waals surface area contributed by atoms with Crippen molar-refractivity contribution >= 4 is 38.1 Å². The number of carbonyl (C=O) groups is 1. The second-order valence-electron chi connectivity index (χ2n) is 7.87. The standard InChI is InChI=1S/C26H24N2O3S/c1-17-12-14-22(15-19(17)3)28-32(30,31)25-16-21(13-11-18(25)2)26(29)27-24-10-6-8-20-7-4-5-9-23(20)24/h4-16,28H,1-3H3,(H,27,29). The van der Waals surface area contributed by atoms with E-state index >= 15 is 0 Å². The van der Waals surface area contributed by atoms with E-state index in [4.69, 9.17) is 0 Å². The van der Waals surface area contributed by atoms with Crippen LogP contribution in [0.1, 0.15) is 27.0 Å². The van der Waals surface area contributed by atoms with E-state index in [0.717, 1.165) is 21.9 Å². The number of anilines is 2. The first-order valence-electron chi connectivity index (χ1n) is 10.2. The van der Waals surface area contributed by atoms with E-state index in [0.29, 0.717) is 16.9 Å². The smallest absolute Gasteiger partial charge is 0.262 e. The van der Waals surface area contributed by atoms with Gasteiger partial charge in [0.25, 0.3) is 15.9 Å². The largest absolute Gasteiger partial charge is 0.321 e. The molecule has 0 spiro atoms. The third-order valence-corrected chi connectivity index (χ3v) is 7.06. The molecule has 0 aliphatic carbocycles. The number of aryl methyl sites for hydroxylation is 3. The van der Waals surface area contributed by atoms with E-state index in [-0.39, 0.29) is 16.4 Å². The lowest BCUT2D eigenvalue weighted by atomic mass is 10.1. The maximum absolute atomic E-state index is 13.1. The molecule has 0 radical (unpaired) electrons. The minimum atomic E-state index is -3.87. The van der Waals surface area contributed by atoms with E-state index in [2.05, 4.69) is 10.0 Å². The maximum atomic E-state index is 13.1. The highest BCUT2D eigenvalue weighted by molar-refractivity contribution is 7.92. The summed E-state index contributed by atoms with van der Waals surface area (Å²) in [7, 11) is -3.87. The minimum absolute atomic E-state index is 0.0706. The van der Waals surface area contributed by atoms with Gasteiger partial charge in [0.05, 0.1) is 4.90 Å². The van der Waals surface area contributed by atoms with Gasteiger partial charge in [0, 0.05) is 22.3 Å². The fourth-order valence-electron chi connectivity index (χ4n) is 3.57. The highest BCUT2D eigenvalue weighted by Gasteiger charge is 2.20. The average Bonchev–Trinajstić information content (AvgIpc) is 2.76. The molecule has 4 aromatic rings. The fourth-order valence-corrected chi connectivity index (χ4v) is 4.90. The Hall–Kier alpha value is -3.64. The van der Waals surface area contributed by atoms with Crippen LogP contribution in [0.25, 0.3) is 10.8 Å². The molecule has 0 saturated carbocycles. The Kier molecular flexibility index (Phi) is 5.72. The molecular formula is C26H24N2O3S. The van der Waals surface area contributed by atoms with Crippen LogP contribution >= 0.6 is 0 Å². The average molecular weight is 445 g/mol. The lowest BCUT2D eigenvalue weighted by molar-refractivity contribution is 0.102. The van der Waals surface area contributed by atoms with Gasteiger partial charge in [-0.3, -0.25) is 9.52 Å². The first-order valence-corrected chi connectivity index (χ1v) is 11.7. The Balaban J connectivity index is 1.64. The van der Waals surface area contributed by atoms with Crippen LogP contribution in [0.4, 0.5) is 11.4 Å². The van der Waals surface area contributed by atoms with Crippen LogP contribution in [0, 0.1) is 20.8 Å². The normalized spacial score (nSPS) is 11.3. The second-order valence-corrected chi connectivity index (χ2v) is 9.52. The topological polar surface area (TPSA) is 75.3 Å². The number of amides is 1. The molecule has 162 valence electrons. The summed E-state index contributed by atoms with van der Waals surface area (Å²) in [5.41, 5.74) is 4.05. The summed E-state index contributed by atoms with van der Waals surface area (Å²) in [6, 6.07) is 23.5. The van der Waals surface area contributed by atoms with Crippen molar-refractivity contribution in [2.24, 2.45) is 0 Å². The minimum Gasteiger partial charge on any atom is -0.321 e. The van der Waals surface area contributed by atoms with Crippen molar-refractivity contribution in [1.82, 2.24) is 0 Å². The summed E-state index contributed by atoms with van der Waals surface area (Å²) in [4.78, 5) is 13.0. The Morgan fingerprint density at radius 2 is 1.47 bits per heavy atom. The van der Waals surface area contributed by atoms with Gasteiger partial charge >= 0.3 is 0 Å². The van der Waals surface area contributed by atoms with Gasteiger partial charge in [-0.1, -0.05) is 48.5 Å². The first kappa shape index (κ1) is 21.6. The molecule has 0 bridgehead atoms. The van der Waals surface area contributed by atoms with Gasteiger partial charge in [0.1, 0.15) is 0 Å². The molecule has 5 nitrogen and oxygen atoms in total. The predicted molar refractivity (Wildman–Crippen MR) is 130 cm³/mol. The second kappa shape index (κ2) is 8.48. The van der Waals surface area contributed by atoms with Crippen molar-refractivity contribution in [3.8, 4) is 0 Å². The summed E-state index contributed by atoms with van der Waals surface area (Å²) < 4.78 is 28.8. The van der Waals surface area contributed by atoms with Gasteiger partial charge in [0.2, 0.25) is 0 Å². The summed E-state index contributed by atoms with van der Waals surface area (Å²) in [6.07, 6.45) is 0. The number of hydrogen-bond acceptors (Lipinski definition) is 3. The molecule has 0 aliphatic heterocycles. The SMILES string of the molecule is Cc1ccc(NS(=O)(=O)c2cc(C(=O)Nc3cccc4ccccc34)ccc2C)cc1C. The van der Waals surface area contributed by atoms with Crippen molar-refractivity contribution in [2.75, 3.05) is 10.0 Å². The molecule has 1 amide bonds. The molecule has 0 heterocycles. The molecule has 0 saturated heterocycles. The maximum Gasteiger partial charge on any atom is 0.262 e. The molecule has 4 aromatic carbocycles. The number of carbonyl (C=O) groups excluding carboxylic acids is 1. The van der Waals surface area contributed by atoms with Crippen LogP contribution in [0.15, 0.2) is 83.8 Å². The highest BCUT2D eigenvalue weighted by atomic mass is 32.2. The Labute approximate surface area is 188 Å². The van der Waals surface area contributed by atoms with Gasteiger partial charge in [-0.05, 0) is 73.2 Å². The third kappa shape index (κ3) is 4.36. The molecule has 0 unspecified atom stereocenters. The number of rotatable bonds is 5. The highest BCUT2D eigenvalue weighted by Crippen LogP contribution is 2.25. The lowest BCUT2D eigenvalue weighted by Crippen LogP contribution is -2.17. The zero-order valence-electron chi connectivity index (χ0n) is 18.1. The van der Waals surface area contributed by atoms with E-state index in [1.165, 1.54) is 6.07 Å². The molecule has 32 heavy (non-hydrogen) atoms. The van der Waals surface area contributed by atoms with Crippen LogP contribution in [0.2, 0.25) is 0 Å². The fraction of sp³-hybridized carbons (Fsp3) is 0.115. The predicted octanol–water partition coefficient (Wildman–Crippen LogP) is 5.82.